The van der Waals surface area contributed by atoms with Crippen LogP contribution in [0.15, 0.2) is 82.7 Å². The second kappa shape index (κ2) is 9.88. The van der Waals surface area contributed by atoms with E-state index in [4.69, 9.17) is 9.73 Å². The van der Waals surface area contributed by atoms with Gasteiger partial charge in [0.15, 0.2) is 5.17 Å². The fourth-order valence-electron chi connectivity index (χ4n) is 3.37. The van der Waals surface area contributed by atoms with Gasteiger partial charge < -0.3 is 4.74 Å². The van der Waals surface area contributed by atoms with E-state index in [0.29, 0.717) is 18.1 Å². The first-order chi connectivity index (χ1) is 15.5. The van der Waals surface area contributed by atoms with Crippen molar-refractivity contribution in [1.29, 1.82) is 0 Å². The number of ether oxygens (including phenoxy) is 1. The smallest absolute Gasteiger partial charge is 0.266 e. The van der Waals surface area contributed by atoms with E-state index in [1.54, 1.807) is 4.90 Å². The number of likely N-dealkylation sites (N-methyl/N-ethyl adjacent to an activating group) is 1. The molecule has 32 heavy (non-hydrogen) atoms. The minimum atomic E-state index is -0.00837. The molecule has 4 nitrogen and oxygen atoms in total. The lowest BCUT2D eigenvalue weighted by Gasteiger charge is -2.12. The molecule has 0 aliphatic carbocycles. The number of carbonyl (C=O) groups excluding carboxylic acids is 1. The molecule has 0 spiro atoms. The summed E-state index contributed by atoms with van der Waals surface area (Å²) in [5.74, 6) is 0.791. The van der Waals surface area contributed by atoms with Crippen LogP contribution in [0.5, 0.6) is 5.75 Å². The van der Waals surface area contributed by atoms with Gasteiger partial charge >= 0.3 is 0 Å². The summed E-state index contributed by atoms with van der Waals surface area (Å²) in [6.07, 6.45) is 1.92. The molecule has 1 aliphatic rings. The summed E-state index contributed by atoms with van der Waals surface area (Å²) >= 11 is 1.42. The summed E-state index contributed by atoms with van der Waals surface area (Å²) < 4.78 is 5.86. The zero-order valence-corrected chi connectivity index (χ0v) is 19.4. The maximum Gasteiger partial charge on any atom is 0.266 e. The van der Waals surface area contributed by atoms with Crippen molar-refractivity contribution in [2.75, 3.05) is 6.54 Å². The van der Waals surface area contributed by atoms with Gasteiger partial charge in [0.1, 0.15) is 12.4 Å². The number of benzene rings is 3. The molecule has 1 saturated heterocycles. The molecule has 0 atom stereocenters. The number of carbonyl (C=O) groups is 1. The molecule has 0 unspecified atom stereocenters. The molecule has 1 aliphatic heterocycles. The number of aryl methyl sites for hydroxylation is 2. The molecule has 3 aromatic rings. The normalized spacial score (nSPS) is 16.2. The van der Waals surface area contributed by atoms with Crippen molar-refractivity contribution in [2.24, 2.45) is 4.99 Å². The summed E-state index contributed by atoms with van der Waals surface area (Å²) in [5, 5.41) is 0.722. The lowest BCUT2D eigenvalue weighted by Crippen LogP contribution is -2.28. The molecule has 1 heterocycles. The van der Waals surface area contributed by atoms with Gasteiger partial charge in [0.05, 0.1) is 10.6 Å². The van der Waals surface area contributed by atoms with E-state index in [2.05, 4.69) is 18.2 Å². The van der Waals surface area contributed by atoms with E-state index in [1.807, 2.05) is 81.4 Å². The van der Waals surface area contributed by atoms with Gasteiger partial charge in [-0.05, 0) is 79.1 Å². The van der Waals surface area contributed by atoms with Crippen LogP contribution in [-0.2, 0) is 11.4 Å². The van der Waals surface area contributed by atoms with Crippen molar-refractivity contribution in [1.82, 2.24) is 4.90 Å². The first-order valence-corrected chi connectivity index (χ1v) is 11.5. The number of amides is 1. The predicted molar refractivity (Wildman–Crippen MR) is 133 cm³/mol. The molecule has 3 aromatic carbocycles. The maximum atomic E-state index is 13.0. The maximum absolute atomic E-state index is 13.0. The molecule has 1 fully saturated rings. The standard InChI is InChI=1S/C27H26N2O2S/c1-4-29-26(30)25(32-27(29)28-24-16-19(2)10-11-20(24)3)17-21-12-14-23(15-13-21)31-18-22-8-6-5-7-9-22/h5-17H,4,18H2,1-3H3/b25-17+,28-27?. The third kappa shape index (κ3) is 5.11. The molecule has 162 valence electrons. The van der Waals surface area contributed by atoms with E-state index in [0.717, 1.165) is 38.9 Å². The molecular formula is C27H26N2O2S. The predicted octanol–water partition coefficient (Wildman–Crippen LogP) is 6.51. The Morgan fingerprint density at radius 3 is 2.47 bits per heavy atom. The molecule has 0 aromatic heterocycles. The highest BCUT2D eigenvalue weighted by atomic mass is 32.2. The third-order valence-corrected chi connectivity index (χ3v) is 6.22. The molecule has 5 heteroatoms. The van der Waals surface area contributed by atoms with Crippen molar-refractivity contribution < 1.29 is 9.53 Å². The van der Waals surface area contributed by atoms with Crippen LogP contribution in [0.1, 0.15) is 29.2 Å². The van der Waals surface area contributed by atoms with Crippen molar-refractivity contribution in [3.63, 3.8) is 0 Å². The Labute approximate surface area is 193 Å². The lowest BCUT2D eigenvalue weighted by atomic mass is 10.1. The van der Waals surface area contributed by atoms with Crippen LogP contribution >= 0.6 is 11.8 Å². The molecule has 0 bridgehead atoms. The molecule has 0 radical (unpaired) electrons. The fraction of sp³-hybridized carbons (Fsp3) is 0.185. The number of hydrogen-bond donors (Lipinski definition) is 0. The Kier molecular flexibility index (Phi) is 6.76. The first kappa shape index (κ1) is 21.9. The molecule has 0 saturated carbocycles. The van der Waals surface area contributed by atoms with E-state index in [1.165, 1.54) is 11.8 Å². The van der Waals surface area contributed by atoms with E-state index < -0.39 is 0 Å². The zero-order chi connectivity index (χ0) is 22.5. The van der Waals surface area contributed by atoms with Crippen molar-refractivity contribution >= 4 is 34.6 Å². The number of aliphatic imine (C=N–C) groups is 1. The van der Waals surface area contributed by atoms with Crippen LogP contribution in [0.2, 0.25) is 0 Å². The van der Waals surface area contributed by atoms with Crippen LogP contribution in [0.25, 0.3) is 6.08 Å². The number of hydrogen-bond acceptors (Lipinski definition) is 4. The third-order valence-electron chi connectivity index (χ3n) is 5.21. The second-order valence-electron chi connectivity index (χ2n) is 7.69. The van der Waals surface area contributed by atoms with Crippen LogP contribution in [0.3, 0.4) is 0 Å². The molecule has 1 amide bonds. The number of amidine groups is 1. The van der Waals surface area contributed by atoms with E-state index in [9.17, 15) is 4.79 Å². The Bertz CT molecular complexity index is 1170. The van der Waals surface area contributed by atoms with Gasteiger partial charge in [-0.1, -0.05) is 54.6 Å². The van der Waals surface area contributed by atoms with Crippen molar-refractivity contribution in [3.8, 4) is 5.75 Å². The average Bonchev–Trinajstić information content (AvgIpc) is 3.10. The summed E-state index contributed by atoms with van der Waals surface area (Å²) in [5.41, 5.74) is 5.23. The van der Waals surface area contributed by atoms with Crippen molar-refractivity contribution in [3.05, 3.63) is 100.0 Å². The van der Waals surface area contributed by atoms with Crippen molar-refractivity contribution in [2.45, 2.75) is 27.4 Å². The summed E-state index contributed by atoms with van der Waals surface area (Å²) in [4.78, 5) is 20.2. The zero-order valence-electron chi connectivity index (χ0n) is 18.5. The lowest BCUT2D eigenvalue weighted by molar-refractivity contribution is -0.122. The topological polar surface area (TPSA) is 41.9 Å². The Morgan fingerprint density at radius 2 is 1.75 bits per heavy atom. The number of thioether (sulfide) groups is 1. The summed E-state index contributed by atoms with van der Waals surface area (Å²) in [6.45, 7) is 7.16. The number of rotatable bonds is 6. The Morgan fingerprint density at radius 1 is 1.00 bits per heavy atom. The highest BCUT2D eigenvalue weighted by Gasteiger charge is 2.32. The monoisotopic (exact) mass is 442 g/mol. The first-order valence-electron chi connectivity index (χ1n) is 10.7. The Hall–Kier alpha value is -3.31. The minimum absolute atomic E-state index is 0.00837. The van der Waals surface area contributed by atoms with Gasteiger partial charge in [-0.25, -0.2) is 4.99 Å². The molecule has 4 rings (SSSR count). The Balaban J connectivity index is 1.50. The summed E-state index contributed by atoms with van der Waals surface area (Å²) in [7, 11) is 0. The molecule has 0 N–H and O–H groups in total. The van der Waals surface area contributed by atoms with Crippen LogP contribution in [0, 0.1) is 13.8 Å². The highest BCUT2D eigenvalue weighted by molar-refractivity contribution is 8.18. The second-order valence-corrected chi connectivity index (χ2v) is 8.70. The molecular weight excluding hydrogens is 416 g/mol. The van der Waals surface area contributed by atoms with Gasteiger partial charge in [0.2, 0.25) is 0 Å². The van der Waals surface area contributed by atoms with E-state index in [-0.39, 0.29) is 5.91 Å². The van der Waals surface area contributed by atoms with Crippen LogP contribution in [0.4, 0.5) is 5.69 Å². The fourth-order valence-corrected chi connectivity index (χ4v) is 4.42. The van der Waals surface area contributed by atoms with Crippen LogP contribution in [-0.4, -0.2) is 22.5 Å². The SMILES string of the molecule is CCN1C(=O)/C(=C\c2ccc(OCc3ccccc3)cc2)SC1=Nc1cc(C)ccc1C. The van der Waals surface area contributed by atoms with Gasteiger partial charge in [0.25, 0.3) is 5.91 Å². The van der Waals surface area contributed by atoms with Gasteiger partial charge in [-0.2, -0.15) is 0 Å². The van der Waals surface area contributed by atoms with Gasteiger partial charge in [-0.3, -0.25) is 9.69 Å². The average molecular weight is 443 g/mol. The van der Waals surface area contributed by atoms with Gasteiger partial charge in [-0.15, -0.1) is 0 Å². The quantitative estimate of drug-likeness (QED) is 0.409. The van der Waals surface area contributed by atoms with E-state index >= 15 is 0 Å². The van der Waals surface area contributed by atoms with Crippen LogP contribution < -0.4 is 4.74 Å². The van der Waals surface area contributed by atoms with Gasteiger partial charge in [0, 0.05) is 6.54 Å². The largest absolute Gasteiger partial charge is 0.489 e. The summed E-state index contributed by atoms with van der Waals surface area (Å²) in [6, 6.07) is 24.1. The highest BCUT2D eigenvalue weighted by Crippen LogP contribution is 2.35. The minimum Gasteiger partial charge on any atom is -0.489 e. The number of nitrogens with zero attached hydrogens (tertiary/aromatic N) is 2.